The Morgan fingerprint density at radius 3 is 2.57 bits per heavy atom. The molecular formula is C15H20F3NO2. The SMILES string of the molecule is CCN(CCCC(=O)O)C(C)c1cccc(C(F)(F)F)c1. The summed E-state index contributed by atoms with van der Waals surface area (Å²) in [7, 11) is 0. The molecule has 1 atom stereocenters. The van der Waals surface area contributed by atoms with Gasteiger partial charge in [-0.2, -0.15) is 13.2 Å². The van der Waals surface area contributed by atoms with Crippen molar-refractivity contribution in [3.63, 3.8) is 0 Å². The van der Waals surface area contributed by atoms with E-state index in [4.69, 9.17) is 5.11 Å². The molecule has 6 heteroatoms. The van der Waals surface area contributed by atoms with Gasteiger partial charge >= 0.3 is 12.1 Å². The second-order valence-corrected chi connectivity index (χ2v) is 4.93. The molecule has 0 radical (unpaired) electrons. The minimum absolute atomic E-state index is 0.0613. The van der Waals surface area contributed by atoms with Crippen LogP contribution in [0.1, 0.15) is 43.9 Å². The Balaban J connectivity index is 2.80. The fourth-order valence-electron chi connectivity index (χ4n) is 2.24. The first kappa shape index (κ1) is 17.5. The summed E-state index contributed by atoms with van der Waals surface area (Å²) < 4.78 is 38.2. The zero-order valence-electron chi connectivity index (χ0n) is 12.2. The van der Waals surface area contributed by atoms with E-state index in [9.17, 15) is 18.0 Å². The van der Waals surface area contributed by atoms with Crippen LogP contribution in [-0.4, -0.2) is 29.1 Å². The molecule has 0 aromatic heterocycles. The van der Waals surface area contributed by atoms with Gasteiger partial charge in [-0.05, 0) is 44.1 Å². The Labute approximate surface area is 122 Å². The number of carboxylic acids is 1. The summed E-state index contributed by atoms with van der Waals surface area (Å²) in [5.74, 6) is -0.863. The Bertz CT molecular complexity index is 474. The molecular weight excluding hydrogens is 283 g/mol. The molecule has 3 nitrogen and oxygen atoms in total. The second kappa shape index (κ2) is 7.45. The van der Waals surface area contributed by atoms with Crippen molar-refractivity contribution in [2.24, 2.45) is 0 Å². The maximum Gasteiger partial charge on any atom is 0.416 e. The van der Waals surface area contributed by atoms with Crippen molar-refractivity contribution < 1.29 is 23.1 Å². The van der Waals surface area contributed by atoms with Gasteiger partial charge in [-0.3, -0.25) is 9.69 Å². The van der Waals surface area contributed by atoms with Gasteiger partial charge in [0, 0.05) is 12.5 Å². The molecule has 0 saturated heterocycles. The zero-order valence-corrected chi connectivity index (χ0v) is 12.2. The van der Waals surface area contributed by atoms with Gasteiger partial charge in [0.15, 0.2) is 0 Å². The van der Waals surface area contributed by atoms with Gasteiger partial charge in [0.2, 0.25) is 0 Å². The number of carbonyl (C=O) groups is 1. The van der Waals surface area contributed by atoms with Gasteiger partial charge in [0.1, 0.15) is 0 Å². The first-order valence-corrected chi connectivity index (χ1v) is 6.88. The van der Waals surface area contributed by atoms with Crippen LogP contribution in [0.4, 0.5) is 13.2 Å². The van der Waals surface area contributed by atoms with Gasteiger partial charge < -0.3 is 5.11 Å². The van der Waals surface area contributed by atoms with Crippen LogP contribution in [0, 0.1) is 0 Å². The van der Waals surface area contributed by atoms with Crippen LogP contribution in [0.3, 0.4) is 0 Å². The smallest absolute Gasteiger partial charge is 0.416 e. The highest BCUT2D eigenvalue weighted by atomic mass is 19.4. The van der Waals surface area contributed by atoms with E-state index in [-0.39, 0.29) is 12.5 Å². The van der Waals surface area contributed by atoms with Crippen molar-refractivity contribution in [3.05, 3.63) is 35.4 Å². The van der Waals surface area contributed by atoms with Crippen molar-refractivity contribution in [2.75, 3.05) is 13.1 Å². The Morgan fingerprint density at radius 1 is 1.38 bits per heavy atom. The van der Waals surface area contributed by atoms with Gasteiger partial charge in [-0.1, -0.05) is 19.1 Å². The molecule has 1 N–H and O–H groups in total. The fourth-order valence-corrected chi connectivity index (χ4v) is 2.24. The summed E-state index contributed by atoms with van der Waals surface area (Å²) in [5, 5.41) is 8.64. The standard InChI is InChI=1S/C15H20F3NO2/c1-3-19(9-5-8-14(20)21)11(2)12-6-4-7-13(10-12)15(16,17)18/h4,6-7,10-11H,3,5,8-9H2,1-2H3,(H,20,21). The molecule has 0 spiro atoms. The third-order valence-corrected chi connectivity index (χ3v) is 3.49. The van der Waals surface area contributed by atoms with Crippen molar-refractivity contribution >= 4 is 5.97 Å². The summed E-state index contributed by atoms with van der Waals surface area (Å²) in [6.07, 6.45) is -3.81. The Hall–Kier alpha value is -1.56. The molecule has 0 aliphatic rings. The maximum absolute atomic E-state index is 12.7. The van der Waals surface area contributed by atoms with Crippen molar-refractivity contribution in [3.8, 4) is 0 Å². The van der Waals surface area contributed by atoms with E-state index in [0.29, 0.717) is 25.1 Å². The molecule has 0 bridgehead atoms. The molecule has 0 aliphatic carbocycles. The van der Waals surface area contributed by atoms with Crippen LogP contribution in [0.2, 0.25) is 0 Å². The predicted octanol–water partition coefficient (Wildman–Crippen LogP) is 3.95. The largest absolute Gasteiger partial charge is 0.481 e. The van der Waals surface area contributed by atoms with Crippen LogP contribution < -0.4 is 0 Å². The monoisotopic (exact) mass is 303 g/mol. The molecule has 0 saturated carbocycles. The lowest BCUT2D eigenvalue weighted by atomic mass is 10.0. The van der Waals surface area contributed by atoms with E-state index in [1.807, 2.05) is 18.7 Å². The number of halogens is 3. The molecule has 0 fully saturated rings. The Kier molecular flexibility index (Phi) is 6.20. The third-order valence-electron chi connectivity index (χ3n) is 3.49. The number of aliphatic carboxylic acids is 1. The molecule has 0 heterocycles. The number of alkyl halides is 3. The highest BCUT2D eigenvalue weighted by molar-refractivity contribution is 5.66. The van der Waals surface area contributed by atoms with E-state index < -0.39 is 17.7 Å². The first-order chi connectivity index (χ1) is 9.75. The van der Waals surface area contributed by atoms with Crippen LogP contribution >= 0.6 is 0 Å². The summed E-state index contributed by atoms with van der Waals surface area (Å²) >= 11 is 0. The van der Waals surface area contributed by atoms with Gasteiger partial charge in [0.05, 0.1) is 5.56 Å². The quantitative estimate of drug-likeness (QED) is 0.829. The fraction of sp³-hybridized carbons (Fsp3) is 0.533. The minimum atomic E-state index is -4.35. The average molecular weight is 303 g/mol. The lowest BCUT2D eigenvalue weighted by Crippen LogP contribution is -2.28. The summed E-state index contributed by atoms with van der Waals surface area (Å²) in [4.78, 5) is 12.5. The highest BCUT2D eigenvalue weighted by Gasteiger charge is 2.31. The zero-order chi connectivity index (χ0) is 16.0. The lowest BCUT2D eigenvalue weighted by molar-refractivity contribution is -0.138. The molecule has 118 valence electrons. The normalized spacial score (nSPS) is 13.4. The van der Waals surface area contributed by atoms with E-state index in [0.717, 1.165) is 12.1 Å². The number of carboxylic acid groups (broad SMARTS) is 1. The van der Waals surface area contributed by atoms with E-state index in [1.54, 1.807) is 6.07 Å². The summed E-state index contributed by atoms with van der Waals surface area (Å²) in [6.45, 7) is 4.93. The number of hydrogen-bond acceptors (Lipinski definition) is 2. The highest BCUT2D eigenvalue weighted by Crippen LogP contribution is 2.31. The number of nitrogens with zero attached hydrogens (tertiary/aromatic N) is 1. The lowest BCUT2D eigenvalue weighted by Gasteiger charge is -2.28. The molecule has 0 aliphatic heterocycles. The molecule has 21 heavy (non-hydrogen) atoms. The summed E-state index contributed by atoms with van der Waals surface area (Å²) in [5.41, 5.74) is -0.0737. The third kappa shape index (κ3) is 5.38. The average Bonchev–Trinajstić information content (AvgIpc) is 2.42. The van der Waals surface area contributed by atoms with E-state index in [1.165, 1.54) is 6.07 Å². The maximum atomic E-state index is 12.7. The summed E-state index contributed by atoms with van der Waals surface area (Å²) in [6, 6.07) is 5.09. The second-order valence-electron chi connectivity index (χ2n) is 4.93. The molecule has 1 aromatic rings. The van der Waals surface area contributed by atoms with Crippen LogP contribution in [0.5, 0.6) is 0 Å². The Morgan fingerprint density at radius 2 is 2.05 bits per heavy atom. The molecule has 1 aromatic carbocycles. The molecule has 1 rings (SSSR count). The van der Waals surface area contributed by atoms with Crippen molar-refractivity contribution in [1.29, 1.82) is 0 Å². The van der Waals surface area contributed by atoms with E-state index >= 15 is 0 Å². The van der Waals surface area contributed by atoms with Crippen LogP contribution in [-0.2, 0) is 11.0 Å². The number of benzene rings is 1. The van der Waals surface area contributed by atoms with Crippen molar-refractivity contribution in [2.45, 2.75) is 38.9 Å². The first-order valence-electron chi connectivity index (χ1n) is 6.88. The van der Waals surface area contributed by atoms with Crippen LogP contribution in [0.25, 0.3) is 0 Å². The number of hydrogen-bond donors (Lipinski definition) is 1. The number of rotatable bonds is 7. The van der Waals surface area contributed by atoms with Crippen LogP contribution in [0.15, 0.2) is 24.3 Å². The molecule has 1 unspecified atom stereocenters. The minimum Gasteiger partial charge on any atom is -0.481 e. The topological polar surface area (TPSA) is 40.5 Å². The predicted molar refractivity (Wildman–Crippen MR) is 74.0 cm³/mol. The van der Waals surface area contributed by atoms with Gasteiger partial charge in [-0.25, -0.2) is 0 Å². The van der Waals surface area contributed by atoms with Gasteiger partial charge in [0.25, 0.3) is 0 Å². The molecule has 0 amide bonds. The van der Waals surface area contributed by atoms with Gasteiger partial charge in [-0.15, -0.1) is 0 Å². The van der Waals surface area contributed by atoms with E-state index in [2.05, 4.69) is 0 Å². The van der Waals surface area contributed by atoms with Crippen molar-refractivity contribution in [1.82, 2.24) is 4.90 Å².